The molecule has 1 aromatic heterocycles. The van der Waals surface area contributed by atoms with Gasteiger partial charge in [-0.3, -0.25) is 15.1 Å². The van der Waals surface area contributed by atoms with Crippen LogP contribution in [0.15, 0.2) is 60.8 Å². The highest BCUT2D eigenvalue weighted by molar-refractivity contribution is 6.30. The Morgan fingerprint density at radius 3 is 2.34 bits per heavy atom. The number of aryl methyl sites for hydroxylation is 1. The first-order chi connectivity index (χ1) is 16.6. The number of hydrogen-bond donors (Lipinski definition) is 2. The van der Waals surface area contributed by atoms with Crippen LogP contribution in [0.4, 0.5) is 17.6 Å². The standard InChI is InChI=1S/C25H24ClF4N3O2/c1-31-24(34)23(16-5-8-18(26)9-6-16)33-20(17-7-10-19(27)21(13-17)35-2)11-3-15-4-12-22(32-14-15)25(28,29)30/h4-10,12-14,20,23,33H,3,11H2,1-2H3,(H,31,34)/t20-,23?/m0/s1. The van der Waals surface area contributed by atoms with Crippen molar-refractivity contribution in [2.45, 2.75) is 31.1 Å². The number of carbonyl (C=O) groups is 1. The molecule has 0 aliphatic carbocycles. The van der Waals surface area contributed by atoms with Crippen LogP contribution >= 0.6 is 11.6 Å². The van der Waals surface area contributed by atoms with Crippen LogP contribution in [-0.4, -0.2) is 25.0 Å². The summed E-state index contributed by atoms with van der Waals surface area (Å²) in [5.74, 6) is -0.807. The van der Waals surface area contributed by atoms with Crippen LogP contribution in [0.1, 0.15) is 40.9 Å². The van der Waals surface area contributed by atoms with Gasteiger partial charge >= 0.3 is 6.18 Å². The van der Waals surface area contributed by atoms with E-state index in [1.54, 1.807) is 30.3 Å². The van der Waals surface area contributed by atoms with Gasteiger partial charge in [0.2, 0.25) is 5.91 Å². The van der Waals surface area contributed by atoms with Gasteiger partial charge in [-0.15, -0.1) is 0 Å². The maximum absolute atomic E-state index is 14.0. The molecule has 0 aliphatic rings. The van der Waals surface area contributed by atoms with Crippen molar-refractivity contribution in [3.8, 4) is 5.75 Å². The highest BCUT2D eigenvalue weighted by Crippen LogP contribution is 2.30. The number of likely N-dealkylation sites (N-methyl/N-ethyl adjacent to an activating group) is 1. The van der Waals surface area contributed by atoms with Crippen LogP contribution in [0.5, 0.6) is 5.75 Å². The highest BCUT2D eigenvalue weighted by atomic mass is 35.5. The first-order valence-corrected chi connectivity index (χ1v) is 11.1. The van der Waals surface area contributed by atoms with Crippen molar-refractivity contribution in [3.63, 3.8) is 0 Å². The van der Waals surface area contributed by atoms with Gasteiger partial charge in [-0.1, -0.05) is 35.9 Å². The summed E-state index contributed by atoms with van der Waals surface area (Å²) in [5, 5.41) is 6.44. The summed E-state index contributed by atoms with van der Waals surface area (Å²) in [7, 11) is 2.86. The lowest BCUT2D eigenvalue weighted by Crippen LogP contribution is -2.38. The van der Waals surface area contributed by atoms with Crippen LogP contribution in [0.2, 0.25) is 5.02 Å². The third kappa shape index (κ3) is 6.93. The molecule has 0 saturated heterocycles. The van der Waals surface area contributed by atoms with E-state index in [0.29, 0.717) is 34.6 Å². The van der Waals surface area contributed by atoms with Gasteiger partial charge in [0.05, 0.1) is 7.11 Å². The number of hydrogen-bond acceptors (Lipinski definition) is 4. The molecule has 0 spiro atoms. The predicted molar refractivity (Wildman–Crippen MR) is 125 cm³/mol. The van der Waals surface area contributed by atoms with Gasteiger partial charge in [0.25, 0.3) is 0 Å². The normalized spacial score (nSPS) is 13.2. The van der Waals surface area contributed by atoms with Crippen LogP contribution < -0.4 is 15.4 Å². The zero-order valence-corrected chi connectivity index (χ0v) is 19.8. The number of carbonyl (C=O) groups excluding carboxylic acids is 1. The minimum absolute atomic E-state index is 0.0356. The number of halogens is 5. The first kappa shape index (κ1) is 26.4. The van der Waals surface area contributed by atoms with E-state index in [0.717, 1.165) is 6.07 Å². The van der Waals surface area contributed by atoms with Crippen molar-refractivity contribution >= 4 is 17.5 Å². The largest absolute Gasteiger partial charge is 0.494 e. The molecule has 186 valence electrons. The van der Waals surface area contributed by atoms with Gasteiger partial charge < -0.3 is 10.1 Å². The van der Waals surface area contributed by atoms with Crippen molar-refractivity contribution < 1.29 is 27.1 Å². The molecule has 0 aliphatic heterocycles. The lowest BCUT2D eigenvalue weighted by Gasteiger charge is -2.26. The van der Waals surface area contributed by atoms with Gasteiger partial charge in [0.15, 0.2) is 11.6 Å². The molecule has 2 atom stereocenters. The van der Waals surface area contributed by atoms with Gasteiger partial charge in [-0.2, -0.15) is 13.2 Å². The summed E-state index contributed by atoms with van der Waals surface area (Å²) in [6.45, 7) is 0. The maximum atomic E-state index is 14.0. The molecule has 0 bridgehead atoms. The lowest BCUT2D eigenvalue weighted by atomic mass is 9.96. The minimum Gasteiger partial charge on any atom is -0.494 e. The van der Waals surface area contributed by atoms with Crippen molar-refractivity contribution in [2.24, 2.45) is 0 Å². The van der Waals surface area contributed by atoms with Crippen molar-refractivity contribution in [3.05, 3.63) is 94.0 Å². The molecular weight excluding hydrogens is 486 g/mol. The van der Waals surface area contributed by atoms with E-state index in [-0.39, 0.29) is 11.7 Å². The fraction of sp³-hybridized carbons (Fsp3) is 0.280. The molecule has 2 N–H and O–H groups in total. The Hall–Kier alpha value is -3.17. The Bertz CT molecular complexity index is 1140. The monoisotopic (exact) mass is 509 g/mol. The summed E-state index contributed by atoms with van der Waals surface area (Å²) in [6.07, 6.45) is -2.61. The average Bonchev–Trinajstić information content (AvgIpc) is 2.84. The number of aromatic nitrogens is 1. The lowest BCUT2D eigenvalue weighted by molar-refractivity contribution is -0.141. The molecule has 3 rings (SSSR count). The molecule has 0 fully saturated rings. The number of nitrogens with one attached hydrogen (secondary N) is 2. The molecule has 3 aromatic rings. The molecule has 2 aromatic carbocycles. The fourth-order valence-electron chi connectivity index (χ4n) is 3.61. The number of alkyl halides is 3. The summed E-state index contributed by atoms with van der Waals surface area (Å²) < 4.78 is 57.7. The van der Waals surface area contributed by atoms with E-state index in [4.69, 9.17) is 16.3 Å². The van der Waals surface area contributed by atoms with Crippen LogP contribution in [-0.2, 0) is 17.4 Å². The fourth-order valence-corrected chi connectivity index (χ4v) is 3.74. The van der Waals surface area contributed by atoms with E-state index in [9.17, 15) is 22.4 Å². The third-order valence-electron chi connectivity index (χ3n) is 5.49. The van der Waals surface area contributed by atoms with Gasteiger partial charge in [0, 0.05) is 24.3 Å². The van der Waals surface area contributed by atoms with Gasteiger partial charge in [-0.05, 0) is 59.9 Å². The smallest absolute Gasteiger partial charge is 0.433 e. The predicted octanol–water partition coefficient (Wildman–Crippen LogP) is 5.65. The van der Waals surface area contributed by atoms with E-state index in [1.165, 1.54) is 38.6 Å². The zero-order valence-electron chi connectivity index (χ0n) is 19.0. The van der Waals surface area contributed by atoms with Crippen molar-refractivity contribution in [2.75, 3.05) is 14.2 Å². The Labute approximate surface area is 205 Å². The van der Waals surface area contributed by atoms with Crippen molar-refractivity contribution in [1.82, 2.24) is 15.6 Å². The second-order valence-electron chi connectivity index (χ2n) is 7.80. The number of pyridine rings is 1. The van der Waals surface area contributed by atoms with Crippen LogP contribution in [0.3, 0.4) is 0 Å². The summed E-state index contributed by atoms with van der Waals surface area (Å²) in [5.41, 5.74) is 0.915. The summed E-state index contributed by atoms with van der Waals surface area (Å²) >= 11 is 5.99. The Kier molecular flexibility index (Phi) is 8.69. The maximum Gasteiger partial charge on any atom is 0.433 e. The number of benzene rings is 2. The Morgan fingerprint density at radius 2 is 1.77 bits per heavy atom. The van der Waals surface area contributed by atoms with Crippen LogP contribution in [0, 0.1) is 5.82 Å². The van der Waals surface area contributed by atoms with E-state index < -0.39 is 29.8 Å². The molecule has 5 nitrogen and oxygen atoms in total. The van der Waals surface area contributed by atoms with Crippen LogP contribution in [0.25, 0.3) is 0 Å². The number of rotatable bonds is 9. The zero-order chi connectivity index (χ0) is 25.6. The SMILES string of the molecule is CNC(=O)C(N[C@@H](CCc1ccc(C(F)(F)F)nc1)c1ccc(F)c(OC)c1)c1ccc(Cl)cc1. The average molecular weight is 510 g/mol. The Balaban J connectivity index is 1.91. The number of nitrogens with zero attached hydrogens (tertiary/aromatic N) is 1. The molecular formula is C25H24ClF4N3O2. The second kappa shape index (κ2) is 11.5. The second-order valence-corrected chi connectivity index (χ2v) is 8.24. The van der Waals surface area contributed by atoms with Gasteiger partial charge in [0.1, 0.15) is 11.7 Å². The van der Waals surface area contributed by atoms with E-state index >= 15 is 0 Å². The quantitative estimate of drug-likeness (QED) is 0.366. The summed E-state index contributed by atoms with van der Waals surface area (Å²) in [4.78, 5) is 16.2. The van der Waals surface area contributed by atoms with Crippen molar-refractivity contribution in [1.29, 1.82) is 0 Å². The molecule has 0 radical (unpaired) electrons. The topological polar surface area (TPSA) is 63.2 Å². The van der Waals surface area contributed by atoms with E-state index in [2.05, 4.69) is 15.6 Å². The minimum atomic E-state index is -4.52. The molecule has 1 unspecified atom stereocenters. The number of amides is 1. The first-order valence-electron chi connectivity index (χ1n) is 10.7. The highest BCUT2D eigenvalue weighted by Gasteiger charge is 2.32. The molecule has 10 heteroatoms. The molecule has 1 heterocycles. The molecule has 1 amide bonds. The third-order valence-corrected chi connectivity index (χ3v) is 5.75. The number of methoxy groups -OCH3 is 1. The molecule has 0 saturated carbocycles. The summed E-state index contributed by atoms with van der Waals surface area (Å²) in [6, 6.07) is 12.2. The number of ether oxygens (including phenoxy) is 1. The Morgan fingerprint density at radius 1 is 1.09 bits per heavy atom. The van der Waals surface area contributed by atoms with E-state index in [1.807, 2.05) is 0 Å². The van der Waals surface area contributed by atoms with Gasteiger partial charge in [-0.25, -0.2) is 4.39 Å². The molecule has 35 heavy (non-hydrogen) atoms.